The number of hydrogen-bond acceptors (Lipinski definition) is 7. The number of carbonyl (C=O) groups excluding carboxylic acids is 1. The monoisotopic (exact) mass is 375 g/mol. The Morgan fingerprint density at radius 2 is 1.93 bits per heavy atom. The topological polar surface area (TPSA) is 117 Å². The second-order valence-corrected chi connectivity index (χ2v) is 6.01. The maximum Gasteiger partial charge on any atom is 0.255 e. The lowest BCUT2D eigenvalue weighted by Gasteiger charge is -2.09. The van der Waals surface area contributed by atoms with Crippen molar-refractivity contribution in [3.63, 3.8) is 0 Å². The number of nitrogens with one attached hydrogen (secondary N) is 2. The predicted molar refractivity (Wildman–Crippen MR) is 103 cm³/mol. The first-order valence-electron chi connectivity index (χ1n) is 8.59. The molecule has 3 aromatic heterocycles. The van der Waals surface area contributed by atoms with E-state index in [-0.39, 0.29) is 12.5 Å². The molecule has 3 heterocycles. The molecule has 1 amide bonds. The molecule has 0 aliphatic carbocycles. The van der Waals surface area contributed by atoms with Crippen molar-refractivity contribution in [3.05, 3.63) is 77.9 Å². The average Bonchev–Trinajstić information content (AvgIpc) is 3.15. The molecular weight excluding hydrogens is 358 g/mol. The largest absolute Gasteiger partial charge is 0.388 e. The van der Waals surface area contributed by atoms with E-state index in [0.717, 1.165) is 5.56 Å². The van der Waals surface area contributed by atoms with Crippen molar-refractivity contribution in [3.8, 4) is 0 Å². The number of aromatic nitrogens is 5. The Labute approximate surface area is 160 Å². The third-order valence-electron chi connectivity index (χ3n) is 4.07. The molecule has 0 aliphatic rings. The fraction of sp³-hybridized carbons (Fsp3) is 0.105. The Morgan fingerprint density at radius 3 is 2.75 bits per heavy atom. The van der Waals surface area contributed by atoms with Crippen LogP contribution in [0.25, 0.3) is 5.65 Å². The third-order valence-corrected chi connectivity index (χ3v) is 4.07. The van der Waals surface area contributed by atoms with Gasteiger partial charge in [-0.3, -0.25) is 9.78 Å². The van der Waals surface area contributed by atoms with Gasteiger partial charge in [0.05, 0.1) is 0 Å². The van der Waals surface area contributed by atoms with Crippen LogP contribution in [0, 0.1) is 0 Å². The number of nitrogens with zero attached hydrogens (tertiary/aromatic N) is 5. The van der Waals surface area contributed by atoms with Crippen molar-refractivity contribution in [1.82, 2.24) is 24.8 Å². The van der Waals surface area contributed by atoms with E-state index >= 15 is 0 Å². The van der Waals surface area contributed by atoms with Gasteiger partial charge >= 0.3 is 0 Å². The van der Waals surface area contributed by atoms with Crippen LogP contribution in [-0.4, -0.2) is 35.8 Å². The number of carbonyl (C=O) groups is 1. The van der Waals surface area contributed by atoms with Gasteiger partial charge in [-0.1, -0.05) is 12.1 Å². The van der Waals surface area contributed by atoms with Crippen molar-refractivity contribution < 1.29 is 9.90 Å². The fourth-order valence-corrected chi connectivity index (χ4v) is 2.68. The molecule has 0 saturated carbocycles. The van der Waals surface area contributed by atoms with Crippen LogP contribution in [0.2, 0.25) is 0 Å². The highest BCUT2D eigenvalue weighted by Crippen LogP contribution is 2.14. The van der Waals surface area contributed by atoms with Crippen LogP contribution < -0.4 is 10.6 Å². The van der Waals surface area contributed by atoms with Crippen molar-refractivity contribution in [1.29, 1.82) is 0 Å². The molecule has 140 valence electrons. The van der Waals surface area contributed by atoms with E-state index in [2.05, 4.69) is 30.9 Å². The Balaban J connectivity index is 1.44. The number of pyridine rings is 1. The molecule has 0 unspecified atom stereocenters. The SMILES string of the molecule is O=C(Nc1cccc(CNc2ccc3nnc(CO)n3n2)c1)c1ccncc1. The summed E-state index contributed by atoms with van der Waals surface area (Å²) in [6, 6.07) is 14.4. The number of amides is 1. The van der Waals surface area contributed by atoms with E-state index < -0.39 is 0 Å². The summed E-state index contributed by atoms with van der Waals surface area (Å²) in [6.07, 6.45) is 3.16. The number of aliphatic hydroxyl groups excluding tert-OH is 1. The van der Waals surface area contributed by atoms with Crippen molar-refractivity contribution in [2.45, 2.75) is 13.2 Å². The number of benzene rings is 1. The molecule has 0 fully saturated rings. The van der Waals surface area contributed by atoms with Gasteiger partial charge in [-0.2, -0.15) is 4.52 Å². The van der Waals surface area contributed by atoms with E-state index in [1.807, 2.05) is 24.3 Å². The van der Waals surface area contributed by atoms with Crippen molar-refractivity contribution >= 4 is 23.1 Å². The number of aliphatic hydroxyl groups is 1. The molecule has 1 aromatic carbocycles. The predicted octanol–water partition coefficient (Wildman–Crippen LogP) is 1.88. The number of rotatable bonds is 6. The van der Waals surface area contributed by atoms with Gasteiger partial charge in [0.2, 0.25) is 0 Å². The third kappa shape index (κ3) is 3.79. The first-order valence-corrected chi connectivity index (χ1v) is 8.59. The molecule has 28 heavy (non-hydrogen) atoms. The van der Waals surface area contributed by atoms with Crippen LogP contribution >= 0.6 is 0 Å². The van der Waals surface area contributed by atoms with Gasteiger partial charge in [0.1, 0.15) is 12.4 Å². The quantitative estimate of drug-likeness (QED) is 0.471. The molecule has 9 nitrogen and oxygen atoms in total. The Morgan fingerprint density at radius 1 is 1.07 bits per heavy atom. The van der Waals surface area contributed by atoms with Gasteiger partial charge in [0.25, 0.3) is 5.91 Å². The van der Waals surface area contributed by atoms with Crippen LogP contribution in [0.5, 0.6) is 0 Å². The molecule has 0 atom stereocenters. The fourth-order valence-electron chi connectivity index (χ4n) is 2.68. The first kappa shape index (κ1) is 17.6. The molecular formula is C19H17N7O2. The molecule has 3 N–H and O–H groups in total. The summed E-state index contributed by atoms with van der Waals surface area (Å²) in [5, 5.41) is 27.6. The summed E-state index contributed by atoms with van der Waals surface area (Å²) in [6.45, 7) is 0.269. The lowest BCUT2D eigenvalue weighted by Crippen LogP contribution is -2.12. The minimum absolute atomic E-state index is 0.191. The first-order chi connectivity index (χ1) is 13.7. The zero-order valence-electron chi connectivity index (χ0n) is 14.8. The van der Waals surface area contributed by atoms with Crippen LogP contribution in [0.4, 0.5) is 11.5 Å². The van der Waals surface area contributed by atoms with Gasteiger partial charge in [-0.25, -0.2) is 0 Å². The summed E-state index contributed by atoms with van der Waals surface area (Å²) in [4.78, 5) is 16.2. The van der Waals surface area contributed by atoms with Crippen LogP contribution in [-0.2, 0) is 13.2 Å². The minimum atomic E-state index is -0.239. The number of hydrogen-bond donors (Lipinski definition) is 3. The Kier molecular flexibility index (Phi) is 4.89. The number of anilines is 2. The van der Waals surface area contributed by atoms with Crippen LogP contribution in [0.1, 0.15) is 21.7 Å². The van der Waals surface area contributed by atoms with Crippen molar-refractivity contribution in [2.24, 2.45) is 0 Å². The summed E-state index contributed by atoms with van der Waals surface area (Å²) in [5.41, 5.74) is 2.78. The second-order valence-electron chi connectivity index (χ2n) is 6.01. The summed E-state index contributed by atoms with van der Waals surface area (Å²) < 4.78 is 1.49. The normalized spacial score (nSPS) is 10.8. The molecule has 0 aliphatic heterocycles. The van der Waals surface area contributed by atoms with Crippen LogP contribution in [0.15, 0.2) is 60.9 Å². The van der Waals surface area contributed by atoms with E-state index in [1.165, 1.54) is 4.52 Å². The highest BCUT2D eigenvalue weighted by Gasteiger charge is 2.08. The lowest BCUT2D eigenvalue weighted by molar-refractivity contribution is 0.102. The van der Waals surface area contributed by atoms with Gasteiger partial charge in [0.15, 0.2) is 11.5 Å². The maximum absolute atomic E-state index is 12.3. The maximum atomic E-state index is 12.3. The molecule has 4 rings (SSSR count). The van der Waals surface area contributed by atoms with E-state index in [1.54, 1.807) is 36.7 Å². The number of fused-ring (bicyclic) bond motifs is 1. The standard InChI is InChI=1S/C19H17N7O2/c27-12-18-24-23-17-5-4-16(25-26(17)18)21-11-13-2-1-3-15(10-13)22-19(28)14-6-8-20-9-7-14/h1-10,27H,11-12H2,(H,21,25)(H,22,28). The Bertz CT molecular complexity index is 1110. The molecule has 0 bridgehead atoms. The summed E-state index contributed by atoms with van der Waals surface area (Å²) >= 11 is 0. The molecule has 0 radical (unpaired) electrons. The minimum Gasteiger partial charge on any atom is -0.388 e. The smallest absolute Gasteiger partial charge is 0.255 e. The average molecular weight is 375 g/mol. The molecule has 4 aromatic rings. The summed E-state index contributed by atoms with van der Waals surface area (Å²) in [5.74, 6) is 0.802. The second kappa shape index (κ2) is 7.80. The van der Waals surface area contributed by atoms with E-state index in [4.69, 9.17) is 0 Å². The van der Waals surface area contributed by atoms with Gasteiger partial charge in [0, 0.05) is 30.2 Å². The lowest BCUT2D eigenvalue weighted by atomic mass is 10.2. The van der Waals surface area contributed by atoms with Gasteiger partial charge in [-0.15, -0.1) is 15.3 Å². The molecule has 0 spiro atoms. The van der Waals surface area contributed by atoms with Crippen molar-refractivity contribution in [2.75, 3.05) is 10.6 Å². The Hall–Kier alpha value is -3.85. The molecule has 9 heteroatoms. The zero-order chi connectivity index (χ0) is 19.3. The highest BCUT2D eigenvalue weighted by atomic mass is 16.3. The van der Waals surface area contributed by atoms with Gasteiger partial charge in [-0.05, 0) is 42.0 Å². The van der Waals surface area contributed by atoms with Gasteiger partial charge < -0.3 is 15.7 Å². The molecule has 0 saturated heterocycles. The zero-order valence-corrected chi connectivity index (χ0v) is 14.8. The van der Waals surface area contributed by atoms with E-state index in [9.17, 15) is 9.90 Å². The highest BCUT2D eigenvalue weighted by molar-refractivity contribution is 6.04. The van der Waals surface area contributed by atoms with Crippen LogP contribution in [0.3, 0.4) is 0 Å². The summed E-state index contributed by atoms with van der Waals surface area (Å²) in [7, 11) is 0. The van der Waals surface area contributed by atoms with E-state index in [0.29, 0.717) is 35.1 Å².